The van der Waals surface area contributed by atoms with E-state index in [1.807, 2.05) is 41.5 Å². The van der Waals surface area contributed by atoms with Crippen molar-refractivity contribution in [3.63, 3.8) is 0 Å². The van der Waals surface area contributed by atoms with Crippen LogP contribution in [-0.4, -0.2) is 53.9 Å². The van der Waals surface area contributed by atoms with Crippen molar-refractivity contribution < 1.29 is 9.21 Å². The number of carbonyl (C=O) groups excluding carboxylic acids is 1. The maximum absolute atomic E-state index is 12.8. The van der Waals surface area contributed by atoms with Crippen LogP contribution in [0.25, 0.3) is 0 Å². The first-order chi connectivity index (χ1) is 15.5. The van der Waals surface area contributed by atoms with Crippen molar-refractivity contribution >= 4 is 29.4 Å². The van der Waals surface area contributed by atoms with E-state index in [9.17, 15) is 4.79 Å². The summed E-state index contributed by atoms with van der Waals surface area (Å²) in [5, 5.41) is 10.2. The summed E-state index contributed by atoms with van der Waals surface area (Å²) in [5.74, 6) is 2.71. The topological polar surface area (TPSA) is 89.9 Å². The lowest BCUT2D eigenvalue weighted by molar-refractivity contribution is -0.131. The first-order valence-corrected chi connectivity index (χ1v) is 12.8. The summed E-state index contributed by atoms with van der Waals surface area (Å²) >= 11 is 2.96. The third-order valence-electron chi connectivity index (χ3n) is 5.43. The summed E-state index contributed by atoms with van der Waals surface area (Å²) in [6.07, 6.45) is 5.01. The van der Waals surface area contributed by atoms with Gasteiger partial charge in [-0.15, -0.1) is 10.2 Å². The van der Waals surface area contributed by atoms with E-state index in [2.05, 4.69) is 27.1 Å². The fraction of sp³-hybridized carbons (Fsp3) is 0.500. The molecule has 1 aliphatic rings. The number of furan rings is 1. The summed E-state index contributed by atoms with van der Waals surface area (Å²) in [6, 6.07) is 6.06. The second-order valence-corrected chi connectivity index (χ2v) is 9.89. The SMILES string of the molecule is Cc1cc(C)nc(SCc2nnc(SCC(=O)N3CCCC[C@@H]3C)n2Cc2ccco2)n1. The Morgan fingerprint density at radius 2 is 2.00 bits per heavy atom. The van der Waals surface area contributed by atoms with Gasteiger partial charge in [-0.05, 0) is 58.2 Å². The minimum atomic E-state index is 0.161. The van der Waals surface area contributed by atoms with Crippen LogP contribution in [0.3, 0.4) is 0 Å². The Labute approximate surface area is 196 Å². The molecule has 1 aliphatic heterocycles. The minimum absolute atomic E-state index is 0.161. The molecule has 0 bridgehead atoms. The van der Waals surface area contributed by atoms with Crippen LogP contribution in [-0.2, 0) is 17.1 Å². The molecule has 10 heteroatoms. The Bertz CT molecular complexity index is 1030. The Kier molecular flexibility index (Phi) is 7.51. The lowest BCUT2D eigenvalue weighted by Gasteiger charge is -2.33. The number of likely N-dealkylation sites (tertiary alicyclic amines) is 1. The van der Waals surface area contributed by atoms with Gasteiger partial charge in [0.2, 0.25) is 5.91 Å². The monoisotopic (exact) mass is 472 g/mol. The maximum Gasteiger partial charge on any atom is 0.233 e. The molecule has 0 spiro atoms. The molecule has 1 saturated heterocycles. The molecule has 0 N–H and O–H groups in total. The van der Waals surface area contributed by atoms with E-state index in [1.165, 1.54) is 29.9 Å². The van der Waals surface area contributed by atoms with Crippen LogP contribution >= 0.6 is 23.5 Å². The number of aromatic nitrogens is 5. The number of carbonyl (C=O) groups is 1. The molecule has 0 saturated carbocycles. The average molecular weight is 473 g/mol. The number of hydrogen-bond donors (Lipinski definition) is 0. The lowest BCUT2D eigenvalue weighted by atomic mass is 10.0. The predicted molar refractivity (Wildman–Crippen MR) is 125 cm³/mol. The quantitative estimate of drug-likeness (QED) is 0.357. The van der Waals surface area contributed by atoms with E-state index in [4.69, 9.17) is 4.42 Å². The zero-order valence-corrected chi connectivity index (χ0v) is 20.3. The van der Waals surface area contributed by atoms with Gasteiger partial charge in [0.15, 0.2) is 10.3 Å². The summed E-state index contributed by atoms with van der Waals surface area (Å²) < 4.78 is 7.57. The molecule has 4 rings (SSSR count). The van der Waals surface area contributed by atoms with Gasteiger partial charge in [-0.2, -0.15) is 0 Å². The maximum atomic E-state index is 12.8. The van der Waals surface area contributed by atoms with Gasteiger partial charge < -0.3 is 9.32 Å². The second-order valence-electron chi connectivity index (χ2n) is 8.01. The van der Waals surface area contributed by atoms with Gasteiger partial charge in [-0.3, -0.25) is 9.36 Å². The third kappa shape index (κ3) is 5.72. The number of hydrogen-bond acceptors (Lipinski definition) is 8. The van der Waals surface area contributed by atoms with E-state index in [0.29, 0.717) is 24.1 Å². The molecule has 170 valence electrons. The highest BCUT2D eigenvalue weighted by atomic mass is 32.2. The van der Waals surface area contributed by atoms with E-state index in [0.717, 1.165) is 52.7 Å². The van der Waals surface area contributed by atoms with Gasteiger partial charge in [0.1, 0.15) is 11.6 Å². The van der Waals surface area contributed by atoms with Crippen LogP contribution in [0.4, 0.5) is 0 Å². The van der Waals surface area contributed by atoms with Crippen LogP contribution in [0, 0.1) is 13.8 Å². The van der Waals surface area contributed by atoms with Crippen LogP contribution in [0.2, 0.25) is 0 Å². The molecule has 8 nitrogen and oxygen atoms in total. The van der Waals surface area contributed by atoms with Crippen LogP contribution < -0.4 is 0 Å². The molecular formula is C22H28N6O2S2. The zero-order valence-electron chi connectivity index (χ0n) is 18.7. The van der Waals surface area contributed by atoms with Gasteiger partial charge in [0, 0.05) is 24.0 Å². The second kappa shape index (κ2) is 10.5. The van der Waals surface area contributed by atoms with Gasteiger partial charge in [0.25, 0.3) is 0 Å². The first-order valence-electron chi connectivity index (χ1n) is 10.8. The highest BCUT2D eigenvalue weighted by Crippen LogP contribution is 2.25. The molecule has 3 aromatic rings. The number of thioether (sulfide) groups is 2. The number of piperidine rings is 1. The Hall–Kier alpha value is -2.33. The summed E-state index contributed by atoms with van der Waals surface area (Å²) in [5.41, 5.74) is 1.89. The molecule has 0 aromatic carbocycles. The van der Waals surface area contributed by atoms with Crippen molar-refractivity contribution in [2.45, 2.75) is 68.7 Å². The van der Waals surface area contributed by atoms with Crippen molar-refractivity contribution in [2.24, 2.45) is 0 Å². The molecule has 3 aromatic heterocycles. The van der Waals surface area contributed by atoms with Crippen molar-refractivity contribution in [2.75, 3.05) is 12.3 Å². The highest BCUT2D eigenvalue weighted by molar-refractivity contribution is 7.99. The largest absolute Gasteiger partial charge is 0.467 e. The molecule has 32 heavy (non-hydrogen) atoms. The van der Waals surface area contributed by atoms with Crippen molar-refractivity contribution in [3.05, 3.63) is 47.4 Å². The van der Waals surface area contributed by atoms with Crippen LogP contribution in [0.5, 0.6) is 0 Å². The molecule has 0 unspecified atom stereocenters. The Balaban J connectivity index is 1.47. The molecular weight excluding hydrogens is 444 g/mol. The molecule has 0 aliphatic carbocycles. The van der Waals surface area contributed by atoms with E-state index in [1.54, 1.807) is 6.26 Å². The molecule has 0 radical (unpaired) electrons. The molecule has 1 amide bonds. The third-order valence-corrected chi connectivity index (χ3v) is 7.22. The van der Waals surface area contributed by atoms with Crippen LogP contribution in [0.15, 0.2) is 39.2 Å². The average Bonchev–Trinajstić information content (AvgIpc) is 3.41. The Morgan fingerprint density at radius 3 is 2.72 bits per heavy atom. The molecule has 4 heterocycles. The fourth-order valence-electron chi connectivity index (χ4n) is 3.81. The Morgan fingerprint density at radius 1 is 1.19 bits per heavy atom. The lowest BCUT2D eigenvalue weighted by Crippen LogP contribution is -2.43. The number of rotatable bonds is 8. The number of aryl methyl sites for hydroxylation is 2. The van der Waals surface area contributed by atoms with Gasteiger partial charge in [0.05, 0.1) is 24.3 Å². The summed E-state index contributed by atoms with van der Waals surface area (Å²) in [4.78, 5) is 23.8. The zero-order chi connectivity index (χ0) is 22.5. The minimum Gasteiger partial charge on any atom is -0.467 e. The first kappa shape index (κ1) is 22.8. The fourth-order valence-corrected chi connectivity index (χ4v) is 5.55. The number of nitrogens with zero attached hydrogens (tertiary/aromatic N) is 6. The number of amides is 1. The van der Waals surface area contributed by atoms with E-state index < -0.39 is 0 Å². The highest BCUT2D eigenvalue weighted by Gasteiger charge is 2.24. The predicted octanol–water partition coefficient (Wildman–Crippen LogP) is 4.11. The van der Waals surface area contributed by atoms with Crippen molar-refractivity contribution in [1.82, 2.24) is 29.6 Å². The van der Waals surface area contributed by atoms with Crippen molar-refractivity contribution in [1.29, 1.82) is 0 Å². The molecule has 1 atom stereocenters. The molecule has 1 fully saturated rings. The summed E-state index contributed by atoms with van der Waals surface area (Å²) in [6.45, 7) is 7.42. The van der Waals surface area contributed by atoms with E-state index in [-0.39, 0.29) is 5.91 Å². The smallest absolute Gasteiger partial charge is 0.233 e. The summed E-state index contributed by atoms with van der Waals surface area (Å²) in [7, 11) is 0. The van der Waals surface area contributed by atoms with Crippen molar-refractivity contribution in [3.8, 4) is 0 Å². The van der Waals surface area contributed by atoms with Gasteiger partial charge in [-0.1, -0.05) is 23.5 Å². The normalized spacial score (nSPS) is 16.5. The van der Waals surface area contributed by atoms with Crippen LogP contribution in [0.1, 0.15) is 49.2 Å². The van der Waals surface area contributed by atoms with Gasteiger partial charge in [-0.25, -0.2) is 9.97 Å². The van der Waals surface area contributed by atoms with E-state index >= 15 is 0 Å². The van der Waals surface area contributed by atoms with Gasteiger partial charge >= 0.3 is 0 Å². The standard InChI is InChI=1S/C22H28N6O2S2/c1-15-11-16(2)24-21(23-15)31-13-19-25-26-22(28(19)12-18-8-6-10-30-18)32-14-20(29)27-9-5-4-7-17(27)3/h6,8,10-11,17H,4-5,7,9,12-14H2,1-3H3/t17-/m0/s1.